The van der Waals surface area contributed by atoms with Gasteiger partial charge in [0.05, 0.1) is 5.60 Å². The molecule has 0 heterocycles. The van der Waals surface area contributed by atoms with E-state index < -0.39 is 0 Å². The molecule has 128 valence electrons. The molecule has 24 heavy (non-hydrogen) atoms. The summed E-state index contributed by atoms with van der Waals surface area (Å²) < 4.78 is 12.5. The van der Waals surface area contributed by atoms with Crippen LogP contribution in [-0.4, -0.2) is 13.8 Å². The van der Waals surface area contributed by atoms with Gasteiger partial charge in [0, 0.05) is 11.5 Å². The Morgan fingerprint density at radius 1 is 1.00 bits per heavy atom. The first kappa shape index (κ1) is 18.5. The Labute approximate surface area is 171 Å². The molecule has 0 N–H and O–H groups in total. The quantitative estimate of drug-likeness (QED) is 0.303. The molecular formula is C20H22I2O2. The topological polar surface area (TPSA) is 18.5 Å². The molecule has 3 atom stereocenters. The molecule has 0 aromatic rings. The summed E-state index contributed by atoms with van der Waals surface area (Å²) in [4.78, 5) is 0. The van der Waals surface area contributed by atoms with Crippen LogP contribution in [0.3, 0.4) is 0 Å². The normalized spacial score (nSPS) is 24.8. The van der Waals surface area contributed by atoms with Gasteiger partial charge in [-0.1, -0.05) is 59.0 Å². The van der Waals surface area contributed by atoms with Crippen molar-refractivity contribution in [2.24, 2.45) is 5.92 Å². The van der Waals surface area contributed by atoms with Crippen molar-refractivity contribution < 1.29 is 9.47 Å². The second-order valence-electron chi connectivity index (χ2n) is 6.65. The smallest absolute Gasteiger partial charge is 0.146 e. The second-order valence-corrected chi connectivity index (χ2v) is 10.2. The van der Waals surface area contributed by atoms with Crippen LogP contribution in [0.4, 0.5) is 0 Å². The van der Waals surface area contributed by atoms with Crippen LogP contribution in [0, 0.1) is 5.92 Å². The maximum Gasteiger partial charge on any atom is 0.146 e. The fourth-order valence-electron chi connectivity index (χ4n) is 3.54. The van der Waals surface area contributed by atoms with Gasteiger partial charge in [0.15, 0.2) is 0 Å². The highest BCUT2D eigenvalue weighted by molar-refractivity contribution is 14.1. The van der Waals surface area contributed by atoms with Gasteiger partial charge < -0.3 is 9.47 Å². The zero-order valence-electron chi connectivity index (χ0n) is 14.3. The molecule has 3 rings (SSSR count). The van der Waals surface area contributed by atoms with E-state index in [-0.39, 0.29) is 19.7 Å². The molecule has 4 heteroatoms. The minimum Gasteiger partial charge on any atom is -0.480 e. The summed E-state index contributed by atoms with van der Waals surface area (Å²) in [5.41, 5.74) is 4.80. The summed E-state index contributed by atoms with van der Waals surface area (Å²) in [7, 11) is 0. The van der Waals surface area contributed by atoms with Crippen LogP contribution in [0.1, 0.15) is 27.7 Å². The van der Waals surface area contributed by atoms with Crippen molar-refractivity contribution in [2.45, 2.75) is 41.5 Å². The van der Waals surface area contributed by atoms with Gasteiger partial charge in [0.1, 0.15) is 14.0 Å². The molecule has 0 bridgehead atoms. The summed E-state index contributed by atoms with van der Waals surface area (Å²) in [6.45, 7) is 8.43. The van der Waals surface area contributed by atoms with Crippen molar-refractivity contribution in [3.05, 3.63) is 70.6 Å². The first-order chi connectivity index (χ1) is 11.3. The van der Waals surface area contributed by atoms with Crippen molar-refractivity contribution in [1.29, 1.82) is 0 Å². The Hall–Kier alpha value is -0.340. The maximum atomic E-state index is 6.20. The van der Waals surface area contributed by atoms with E-state index >= 15 is 0 Å². The molecule has 0 radical (unpaired) electrons. The molecule has 0 aliphatic heterocycles. The third kappa shape index (κ3) is 3.60. The van der Waals surface area contributed by atoms with Crippen LogP contribution in [-0.2, 0) is 9.47 Å². The lowest BCUT2D eigenvalue weighted by molar-refractivity contribution is 0.0110. The summed E-state index contributed by atoms with van der Waals surface area (Å²) >= 11 is 4.61. The number of hydrogen-bond acceptors (Lipinski definition) is 2. The largest absolute Gasteiger partial charge is 0.480 e. The van der Waals surface area contributed by atoms with E-state index in [2.05, 4.69) is 115 Å². The zero-order chi connectivity index (χ0) is 17.5. The molecule has 0 saturated carbocycles. The molecule has 2 nitrogen and oxygen atoms in total. The lowest BCUT2D eigenvalue weighted by Crippen LogP contribution is -2.33. The van der Waals surface area contributed by atoms with Crippen LogP contribution < -0.4 is 0 Å². The minimum absolute atomic E-state index is 0.140. The Morgan fingerprint density at radius 2 is 1.75 bits per heavy atom. The van der Waals surface area contributed by atoms with Crippen molar-refractivity contribution >= 4 is 45.2 Å². The van der Waals surface area contributed by atoms with E-state index in [4.69, 9.17) is 9.47 Å². The fraction of sp³-hybridized carbons (Fsp3) is 0.400. The van der Waals surface area contributed by atoms with Crippen LogP contribution >= 0.6 is 45.2 Å². The number of halogens is 2. The average Bonchev–Trinajstić information content (AvgIpc) is 2.48. The monoisotopic (exact) mass is 548 g/mol. The van der Waals surface area contributed by atoms with Gasteiger partial charge in [0.2, 0.25) is 0 Å². The van der Waals surface area contributed by atoms with Crippen molar-refractivity contribution in [2.75, 3.05) is 0 Å². The number of ether oxygens (including phenoxy) is 2. The number of rotatable bonds is 5. The standard InChI is InChI=1S/C20H22I2O2/c1-12(21)23-18-11-9-14-8-10-17(20(3,4)24-13(2)22)15-6-5-7-16(18)19(14)15/h5-13,19H,1-4H3. The van der Waals surface area contributed by atoms with E-state index in [0.717, 1.165) is 5.76 Å². The average molecular weight is 548 g/mol. The molecule has 0 amide bonds. The molecule has 0 saturated heterocycles. The first-order valence-corrected chi connectivity index (χ1v) is 10.6. The minimum atomic E-state index is -0.330. The van der Waals surface area contributed by atoms with Crippen LogP contribution in [0.25, 0.3) is 0 Å². The van der Waals surface area contributed by atoms with Gasteiger partial charge in [0.25, 0.3) is 0 Å². The van der Waals surface area contributed by atoms with E-state index in [1.807, 2.05) is 0 Å². The molecule has 0 aromatic heterocycles. The predicted molar refractivity (Wildman–Crippen MR) is 116 cm³/mol. The van der Waals surface area contributed by atoms with Crippen molar-refractivity contribution in [3.8, 4) is 0 Å². The summed E-state index contributed by atoms with van der Waals surface area (Å²) in [5, 5.41) is 0. The lowest BCUT2D eigenvalue weighted by Gasteiger charge is -2.38. The molecular weight excluding hydrogens is 526 g/mol. The fourth-order valence-corrected chi connectivity index (χ4v) is 4.45. The van der Waals surface area contributed by atoms with Gasteiger partial charge in [-0.3, -0.25) is 0 Å². The van der Waals surface area contributed by atoms with Gasteiger partial charge in [-0.15, -0.1) is 0 Å². The van der Waals surface area contributed by atoms with Gasteiger partial charge in [-0.25, -0.2) is 0 Å². The second kappa shape index (κ2) is 7.11. The Morgan fingerprint density at radius 3 is 2.42 bits per heavy atom. The van der Waals surface area contributed by atoms with Gasteiger partial charge in [-0.2, -0.15) is 0 Å². The summed E-state index contributed by atoms with van der Waals surface area (Å²) in [6.07, 6.45) is 15.2. The van der Waals surface area contributed by atoms with Crippen molar-refractivity contribution in [1.82, 2.24) is 0 Å². The summed E-state index contributed by atoms with van der Waals surface area (Å²) in [5.74, 6) is 1.22. The highest BCUT2D eigenvalue weighted by atomic mass is 127. The Kier molecular flexibility index (Phi) is 5.47. The van der Waals surface area contributed by atoms with E-state index in [9.17, 15) is 0 Å². The third-order valence-corrected chi connectivity index (χ3v) is 4.88. The summed E-state index contributed by atoms with van der Waals surface area (Å²) in [6, 6.07) is 0. The highest BCUT2D eigenvalue weighted by Crippen LogP contribution is 2.46. The maximum absolute atomic E-state index is 6.20. The molecule has 3 unspecified atom stereocenters. The van der Waals surface area contributed by atoms with Crippen LogP contribution in [0.2, 0.25) is 0 Å². The third-order valence-electron chi connectivity index (χ3n) is 4.37. The van der Waals surface area contributed by atoms with Crippen LogP contribution in [0.15, 0.2) is 70.6 Å². The highest BCUT2D eigenvalue weighted by Gasteiger charge is 2.37. The Balaban J connectivity index is 2.04. The molecule has 0 fully saturated rings. The first-order valence-electron chi connectivity index (χ1n) is 8.15. The van der Waals surface area contributed by atoms with Crippen molar-refractivity contribution in [3.63, 3.8) is 0 Å². The molecule has 3 aliphatic carbocycles. The van der Waals surface area contributed by atoms with Gasteiger partial charge in [-0.05, 0) is 73.1 Å². The SMILES string of the molecule is CC(I)OC1=CC=C2C=CC(C(C)(C)OC(C)I)=C3C=CC=C1C23. The van der Waals surface area contributed by atoms with E-state index in [1.165, 1.54) is 22.3 Å². The van der Waals surface area contributed by atoms with E-state index in [0.29, 0.717) is 0 Å². The number of hydrogen-bond donors (Lipinski definition) is 0. The zero-order valence-corrected chi connectivity index (χ0v) is 18.7. The molecule has 3 aliphatic rings. The Bertz CT molecular complexity index is 716. The number of alkyl halides is 2. The number of allylic oxidation sites excluding steroid dienone is 9. The molecule has 0 spiro atoms. The molecule has 0 aromatic carbocycles. The van der Waals surface area contributed by atoms with E-state index in [1.54, 1.807) is 0 Å². The van der Waals surface area contributed by atoms with Gasteiger partial charge >= 0.3 is 0 Å². The van der Waals surface area contributed by atoms with Crippen LogP contribution in [0.5, 0.6) is 0 Å². The predicted octanol–water partition coefficient (Wildman–Crippen LogP) is 6.16. The lowest BCUT2D eigenvalue weighted by atomic mass is 9.71.